The van der Waals surface area contributed by atoms with Crippen LogP contribution in [0.1, 0.15) is 41.3 Å². The molecule has 0 radical (unpaired) electrons. The Balaban J connectivity index is 2.47. The number of carboxylic acids is 1. The Labute approximate surface area is 124 Å². The highest BCUT2D eigenvalue weighted by molar-refractivity contribution is 5.99. The highest BCUT2D eigenvalue weighted by Crippen LogP contribution is 2.13. The van der Waals surface area contributed by atoms with Crippen LogP contribution in [0, 0.1) is 19.8 Å². The lowest BCUT2D eigenvalue weighted by molar-refractivity contribution is -0.141. The molecule has 0 aromatic heterocycles. The maximum absolute atomic E-state index is 12.1. The van der Waals surface area contributed by atoms with Crippen molar-refractivity contribution >= 4 is 17.7 Å². The molecule has 114 valence electrons. The van der Waals surface area contributed by atoms with E-state index in [0.717, 1.165) is 11.1 Å². The predicted molar refractivity (Wildman–Crippen MR) is 79.3 cm³/mol. The van der Waals surface area contributed by atoms with Gasteiger partial charge in [0.05, 0.1) is 5.92 Å². The number of aryl methyl sites for hydroxylation is 2. The smallest absolute Gasteiger partial charge is 0.308 e. The van der Waals surface area contributed by atoms with Crippen molar-refractivity contribution in [1.29, 1.82) is 0 Å². The van der Waals surface area contributed by atoms with Crippen molar-refractivity contribution in [1.82, 2.24) is 5.32 Å². The molecule has 0 aliphatic heterocycles. The first-order chi connectivity index (χ1) is 9.81. The van der Waals surface area contributed by atoms with Gasteiger partial charge in [0, 0.05) is 24.9 Å². The summed E-state index contributed by atoms with van der Waals surface area (Å²) in [5, 5.41) is 11.2. The minimum absolute atomic E-state index is 0.0680. The van der Waals surface area contributed by atoms with Crippen LogP contribution in [-0.2, 0) is 9.59 Å². The summed E-state index contributed by atoms with van der Waals surface area (Å²) in [7, 11) is 0. The summed E-state index contributed by atoms with van der Waals surface area (Å²) in [6.07, 6.45) is 0.191. The van der Waals surface area contributed by atoms with E-state index < -0.39 is 11.9 Å². The fourth-order valence-electron chi connectivity index (χ4n) is 1.84. The van der Waals surface area contributed by atoms with E-state index in [0.29, 0.717) is 5.56 Å². The average Bonchev–Trinajstić information content (AvgIpc) is 2.44. The van der Waals surface area contributed by atoms with Crippen LogP contribution < -0.4 is 5.32 Å². The second-order valence-electron chi connectivity index (χ2n) is 5.28. The standard InChI is InChI=1S/C16H21NO4/c1-10-4-5-11(2)13(8-10)14(18)6-7-15(19)17-9-12(3)16(20)21/h4-5,8,12H,6-7,9H2,1-3H3,(H,17,19)(H,20,21). The second-order valence-corrected chi connectivity index (χ2v) is 5.28. The van der Waals surface area contributed by atoms with Gasteiger partial charge in [0.1, 0.15) is 0 Å². The van der Waals surface area contributed by atoms with Crippen molar-refractivity contribution in [3.63, 3.8) is 0 Å². The summed E-state index contributed by atoms with van der Waals surface area (Å²) in [6.45, 7) is 5.37. The number of ketones is 1. The van der Waals surface area contributed by atoms with E-state index in [-0.39, 0.29) is 31.1 Å². The number of hydrogen-bond donors (Lipinski definition) is 2. The lowest BCUT2D eigenvalue weighted by atomic mass is 9.99. The Bertz CT molecular complexity index is 551. The third kappa shape index (κ3) is 5.38. The molecule has 2 N–H and O–H groups in total. The van der Waals surface area contributed by atoms with Gasteiger partial charge in [-0.3, -0.25) is 14.4 Å². The van der Waals surface area contributed by atoms with E-state index in [2.05, 4.69) is 5.32 Å². The summed E-state index contributed by atoms with van der Waals surface area (Å²) < 4.78 is 0. The monoisotopic (exact) mass is 291 g/mol. The molecule has 1 aromatic rings. The van der Waals surface area contributed by atoms with E-state index in [1.54, 1.807) is 0 Å². The van der Waals surface area contributed by atoms with Gasteiger partial charge >= 0.3 is 5.97 Å². The van der Waals surface area contributed by atoms with Crippen LogP contribution in [0.4, 0.5) is 0 Å². The summed E-state index contributed by atoms with van der Waals surface area (Å²) in [4.78, 5) is 34.3. The van der Waals surface area contributed by atoms with Crippen LogP contribution in [0.25, 0.3) is 0 Å². The molecule has 21 heavy (non-hydrogen) atoms. The maximum Gasteiger partial charge on any atom is 0.308 e. The van der Waals surface area contributed by atoms with Gasteiger partial charge in [0.15, 0.2) is 5.78 Å². The van der Waals surface area contributed by atoms with Gasteiger partial charge in [-0.25, -0.2) is 0 Å². The first-order valence-electron chi connectivity index (χ1n) is 6.91. The molecule has 1 amide bonds. The molecule has 0 saturated carbocycles. The Morgan fingerprint density at radius 2 is 1.86 bits per heavy atom. The first-order valence-corrected chi connectivity index (χ1v) is 6.91. The molecule has 1 atom stereocenters. The zero-order valence-electron chi connectivity index (χ0n) is 12.6. The predicted octanol–water partition coefficient (Wildman–Crippen LogP) is 2.10. The van der Waals surface area contributed by atoms with Gasteiger partial charge in [0.2, 0.25) is 5.91 Å². The normalized spacial score (nSPS) is 11.8. The van der Waals surface area contributed by atoms with Crippen molar-refractivity contribution in [3.05, 3.63) is 34.9 Å². The topological polar surface area (TPSA) is 83.5 Å². The summed E-state index contributed by atoms with van der Waals surface area (Å²) in [5.74, 6) is -1.97. The van der Waals surface area contributed by atoms with Crippen LogP contribution >= 0.6 is 0 Å². The van der Waals surface area contributed by atoms with Crippen LogP contribution in [0.5, 0.6) is 0 Å². The Kier molecular flexibility index (Phi) is 6.09. The van der Waals surface area contributed by atoms with Gasteiger partial charge in [-0.1, -0.05) is 24.6 Å². The lowest BCUT2D eigenvalue weighted by Crippen LogP contribution is -2.31. The van der Waals surface area contributed by atoms with Crippen molar-refractivity contribution < 1.29 is 19.5 Å². The van der Waals surface area contributed by atoms with Crippen molar-refractivity contribution in [3.8, 4) is 0 Å². The summed E-state index contributed by atoms with van der Waals surface area (Å²) in [6, 6.07) is 5.64. The quantitative estimate of drug-likeness (QED) is 0.754. The van der Waals surface area contributed by atoms with Crippen LogP contribution in [-0.4, -0.2) is 29.3 Å². The highest BCUT2D eigenvalue weighted by atomic mass is 16.4. The minimum atomic E-state index is -0.957. The van der Waals surface area contributed by atoms with Crippen molar-refractivity contribution in [2.45, 2.75) is 33.6 Å². The van der Waals surface area contributed by atoms with E-state index in [9.17, 15) is 14.4 Å². The molecule has 1 aromatic carbocycles. The zero-order valence-corrected chi connectivity index (χ0v) is 12.6. The van der Waals surface area contributed by atoms with Gasteiger partial charge < -0.3 is 10.4 Å². The van der Waals surface area contributed by atoms with Gasteiger partial charge in [-0.2, -0.15) is 0 Å². The Morgan fingerprint density at radius 3 is 2.48 bits per heavy atom. The van der Waals surface area contributed by atoms with Gasteiger partial charge in [-0.05, 0) is 25.5 Å². The van der Waals surface area contributed by atoms with Crippen LogP contribution in [0.15, 0.2) is 18.2 Å². The number of aliphatic carboxylic acids is 1. The Hall–Kier alpha value is -2.17. The molecule has 0 spiro atoms. The first kappa shape index (κ1) is 16.9. The third-order valence-corrected chi connectivity index (χ3v) is 3.30. The van der Waals surface area contributed by atoms with Crippen molar-refractivity contribution in [2.24, 2.45) is 5.92 Å². The van der Waals surface area contributed by atoms with Gasteiger partial charge in [0.25, 0.3) is 0 Å². The number of Topliss-reactive ketones (excluding diaryl/α,β-unsaturated/α-hetero) is 1. The largest absolute Gasteiger partial charge is 0.481 e. The van der Waals surface area contributed by atoms with Crippen LogP contribution in [0.2, 0.25) is 0 Å². The molecule has 5 heteroatoms. The number of carboxylic acid groups (broad SMARTS) is 1. The molecule has 0 aliphatic carbocycles. The fraction of sp³-hybridized carbons (Fsp3) is 0.438. The highest BCUT2D eigenvalue weighted by Gasteiger charge is 2.14. The SMILES string of the molecule is Cc1ccc(C)c(C(=O)CCC(=O)NCC(C)C(=O)O)c1. The molecular weight excluding hydrogens is 270 g/mol. The molecule has 1 rings (SSSR count). The maximum atomic E-state index is 12.1. The van der Waals surface area contributed by atoms with Crippen molar-refractivity contribution in [2.75, 3.05) is 6.54 Å². The number of benzene rings is 1. The molecule has 5 nitrogen and oxygen atoms in total. The van der Waals surface area contributed by atoms with Gasteiger partial charge in [-0.15, -0.1) is 0 Å². The number of amides is 1. The third-order valence-electron chi connectivity index (χ3n) is 3.30. The summed E-state index contributed by atoms with van der Waals surface area (Å²) in [5.41, 5.74) is 2.54. The Morgan fingerprint density at radius 1 is 1.19 bits per heavy atom. The second kappa shape index (κ2) is 7.57. The number of hydrogen-bond acceptors (Lipinski definition) is 3. The van der Waals surface area contributed by atoms with E-state index in [1.165, 1.54) is 6.92 Å². The van der Waals surface area contributed by atoms with E-state index >= 15 is 0 Å². The number of carbonyl (C=O) groups excluding carboxylic acids is 2. The number of nitrogens with one attached hydrogen (secondary N) is 1. The number of carbonyl (C=O) groups is 3. The minimum Gasteiger partial charge on any atom is -0.481 e. The zero-order chi connectivity index (χ0) is 16.0. The molecule has 0 aliphatic rings. The number of rotatable bonds is 7. The molecule has 0 heterocycles. The lowest BCUT2D eigenvalue weighted by Gasteiger charge is -2.09. The molecule has 1 unspecified atom stereocenters. The molecule has 0 fully saturated rings. The fourth-order valence-corrected chi connectivity index (χ4v) is 1.84. The molecule has 0 bridgehead atoms. The summed E-state index contributed by atoms with van der Waals surface area (Å²) >= 11 is 0. The average molecular weight is 291 g/mol. The van der Waals surface area contributed by atoms with E-state index in [1.807, 2.05) is 32.0 Å². The molecule has 0 saturated heterocycles. The van der Waals surface area contributed by atoms with Crippen LogP contribution in [0.3, 0.4) is 0 Å². The van der Waals surface area contributed by atoms with E-state index in [4.69, 9.17) is 5.11 Å². The molecular formula is C16H21NO4.